The molecule has 4 nitrogen and oxygen atoms in total. The molecule has 0 aromatic heterocycles. The molecule has 0 radical (unpaired) electrons. The van der Waals surface area contributed by atoms with Crippen LogP contribution in [-0.4, -0.2) is 40.6 Å². The summed E-state index contributed by atoms with van der Waals surface area (Å²) in [6.07, 6.45) is -4.86. The first kappa shape index (κ1) is 11.8. The molecule has 0 saturated carbocycles. The lowest BCUT2D eigenvalue weighted by Crippen LogP contribution is -2.44. The van der Waals surface area contributed by atoms with Crippen LogP contribution in [-0.2, 0) is 9.59 Å². The molecule has 0 bridgehead atoms. The standard InChI is InChI=1S/C8H10F3NO3/c1-4-5(6(13)14)2-3-12(4)7(15)8(9,10)11/h4-5H,2-3H2,1H3,(H,13,14). The van der Waals surface area contributed by atoms with E-state index < -0.39 is 30.0 Å². The smallest absolute Gasteiger partial charge is 0.471 e. The van der Waals surface area contributed by atoms with E-state index in [2.05, 4.69) is 0 Å². The van der Waals surface area contributed by atoms with Crippen molar-refractivity contribution in [2.45, 2.75) is 25.6 Å². The molecule has 2 unspecified atom stereocenters. The predicted octanol–water partition coefficient (Wildman–Crippen LogP) is 0.870. The number of hydrogen-bond acceptors (Lipinski definition) is 2. The molecule has 1 heterocycles. The van der Waals surface area contributed by atoms with E-state index in [1.807, 2.05) is 0 Å². The molecule has 1 aliphatic heterocycles. The molecule has 0 aromatic rings. The van der Waals surface area contributed by atoms with E-state index in [0.29, 0.717) is 4.90 Å². The molecule has 1 saturated heterocycles. The fourth-order valence-electron chi connectivity index (χ4n) is 1.72. The molecule has 1 aliphatic rings. The molecular weight excluding hydrogens is 215 g/mol. The maximum Gasteiger partial charge on any atom is 0.471 e. The third kappa shape index (κ3) is 2.21. The van der Waals surface area contributed by atoms with Crippen LogP contribution in [0.15, 0.2) is 0 Å². The summed E-state index contributed by atoms with van der Waals surface area (Å²) in [6.45, 7) is 1.16. The average molecular weight is 225 g/mol. The van der Waals surface area contributed by atoms with Gasteiger partial charge < -0.3 is 10.0 Å². The Morgan fingerprint density at radius 2 is 1.93 bits per heavy atom. The van der Waals surface area contributed by atoms with Crippen LogP contribution < -0.4 is 0 Å². The van der Waals surface area contributed by atoms with Crippen LogP contribution >= 0.6 is 0 Å². The fraction of sp³-hybridized carbons (Fsp3) is 0.750. The van der Waals surface area contributed by atoms with E-state index >= 15 is 0 Å². The average Bonchev–Trinajstić information content (AvgIpc) is 2.44. The summed E-state index contributed by atoms with van der Waals surface area (Å²) in [5.74, 6) is -4.03. The Kier molecular flexibility index (Phi) is 2.92. The first-order chi connectivity index (χ1) is 6.75. The molecule has 2 atom stereocenters. The molecule has 0 aromatic carbocycles. The summed E-state index contributed by atoms with van der Waals surface area (Å²) in [7, 11) is 0. The van der Waals surface area contributed by atoms with Crippen molar-refractivity contribution in [2.75, 3.05) is 6.54 Å². The van der Waals surface area contributed by atoms with Gasteiger partial charge in [0.2, 0.25) is 0 Å². The first-order valence-corrected chi connectivity index (χ1v) is 4.35. The normalized spacial score (nSPS) is 26.8. The second-order valence-corrected chi connectivity index (χ2v) is 3.47. The highest BCUT2D eigenvalue weighted by molar-refractivity contribution is 5.83. The Morgan fingerprint density at radius 3 is 2.27 bits per heavy atom. The van der Waals surface area contributed by atoms with Crippen molar-refractivity contribution in [1.29, 1.82) is 0 Å². The highest BCUT2D eigenvalue weighted by Gasteiger charge is 2.48. The maximum absolute atomic E-state index is 12.1. The van der Waals surface area contributed by atoms with Crippen molar-refractivity contribution in [3.8, 4) is 0 Å². The van der Waals surface area contributed by atoms with E-state index in [-0.39, 0.29) is 13.0 Å². The SMILES string of the molecule is CC1C(C(=O)O)CCN1C(=O)C(F)(F)F. The molecule has 15 heavy (non-hydrogen) atoms. The van der Waals surface area contributed by atoms with Gasteiger partial charge in [0.15, 0.2) is 0 Å². The molecule has 1 rings (SSSR count). The minimum Gasteiger partial charge on any atom is -0.481 e. The largest absolute Gasteiger partial charge is 0.481 e. The van der Waals surface area contributed by atoms with Crippen LogP contribution in [0.2, 0.25) is 0 Å². The minimum atomic E-state index is -4.93. The quantitative estimate of drug-likeness (QED) is 0.720. The molecular formula is C8H10F3NO3. The summed E-state index contributed by atoms with van der Waals surface area (Å²) < 4.78 is 36.2. The summed E-state index contributed by atoms with van der Waals surface area (Å²) >= 11 is 0. The number of carboxylic acids is 1. The fourth-order valence-corrected chi connectivity index (χ4v) is 1.72. The zero-order valence-corrected chi connectivity index (χ0v) is 7.91. The third-order valence-electron chi connectivity index (χ3n) is 2.58. The van der Waals surface area contributed by atoms with Gasteiger partial charge in [-0.15, -0.1) is 0 Å². The Labute approximate surface area is 83.7 Å². The van der Waals surface area contributed by atoms with Crippen LogP contribution in [0.1, 0.15) is 13.3 Å². The van der Waals surface area contributed by atoms with Crippen molar-refractivity contribution in [2.24, 2.45) is 5.92 Å². The monoisotopic (exact) mass is 225 g/mol. The molecule has 7 heteroatoms. The zero-order chi connectivity index (χ0) is 11.8. The second-order valence-electron chi connectivity index (χ2n) is 3.47. The second kappa shape index (κ2) is 3.71. The molecule has 1 N–H and O–H groups in total. The summed E-state index contributed by atoms with van der Waals surface area (Å²) in [6, 6.07) is -0.906. The first-order valence-electron chi connectivity index (χ1n) is 4.35. The topological polar surface area (TPSA) is 57.6 Å². The van der Waals surface area contributed by atoms with Gasteiger partial charge in [-0.2, -0.15) is 13.2 Å². The van der Waals surface area contributed by atoms with Gasteiger partial charge in [0.25, 0.3) is 0 Å². The molecule has 0 spiro atoms. The van der Waals surface area contributed by atoms with E-state index in [1.54, 1.807) is 0 Å². The number of likely N-dealkylation sites (tertiary alicyclic amines) is 1. The number of rotatable bonds is 1. The highest BCUT2D eigenvalue weighted by atomic mass is 19.4. The van der Waals surface area contributed by atoms with Gasteiger partial charge in [0.05, 0.1) is 5.92 Å². The summed E-state index contributed by atoms with van der Waals surface area (Å²) in [4.78, 5) is 22.0. The lowest BCUT2D eigenvalue weighted by atomic mass is 10.0. The lowest BCUT2D eigenvalue weighted by Gasteiger charge is -2.23. The van der Waals surface area contributed by atoms with Crippen molar-refractivity contribution < 1.29 is 27.9 Å². The van der Waals surface area contributed by atoms with Gasteiger partial charge in [-0.25, -0.2) is 0 Å². The van der Waals surface area contributed by atoms with Gasteiger partial charge in [0, 0.05) is 12.6 Å². The Hall–Kier alpha value is -1.27. The lowest BCUT2D eigenvalue weighted by molar-refractivity contribution is -0.186. The molecule has 1 amide bonds. The van der Waals surface area contributed by atoms with Crippen molar-refractivity contribution in [3.05, 3.63) is 0 Å². The Morgan fingerprint density at radius 1 is 1.40 bits per heavy atom. The van der Waals surface area contributed by atoms with Gasteiger partial charge >= 0.3 is 18.1 Å². The minimum absolute atomic E-state index is 0.0678. The number of halogens is 3. The number of amides is 1. The van der Waals surface area contributed by atoms with Crippen LogP contribution in [0.4, 0.5) is 13.2 Å². The number of carbonyl (C=O) groups excluding carboxylic acids is 1. The van der Waals surface area contributed by atoms with E-state index in [9.17, 15) is 22.8 Å². The van der Waals surface area contributed by atoms with Crippen molar-refractivity contribution >= 4 is 11.9 Å². The maximum atomic E-state index is 12.1. The summed E-state index contributed by atoms with van der Waals surface area (Å²) in [5.41, 5.74) is 0. The number of carboxylic acid groups (broad SMARTS) is 1. The van der Waals surface area contributed by atoms with Crippen molar-refractivity contribution in [1.82, 2.24) is 4.90 Å². The van der Waals surface area contributed by atoms with Gasteiger partial charge in [-0.1, -0.05) is 0 Å². The van der Waals surface area contributed by atoms with E-state index in [4.69, 9.17) is 5.11 Å². The van der Waals surface area contributed by atoms with Gasteiger partial charge in [0.1, 0.15) is 0 Å². The van der Waals surface area contributed by atoms with Crippen molar-refractivity contribution in [3.63, 3.8) is 0 Å². The Balaban J connectivity index is 2.76. The number of alkyl halides is 3. The number of aliphatic carboxylic acids is 1. The molecule has 1 fully saturated rings. The van der Waals surface area contributed by atoms with Gasteiger partial charge in [-0.05, 0) is 13.3 Å². The molecule has 86 valence electrons. The summed E-state index contributed by atoms with van der Waals surface area (Å²) in [5, 5.41) is 8.67. The van der Waals surface area contributed by atoms with E-state index in [1.165, 1.54) is 6.92 Å². The van der Waals surface area contributed by atoms with E-state index in [0.717, 1.165) is 0 Å². The van der Waals surface area contributed by atoms with Crippen LogP contribution in [0, 0.1) is 5.92 Å². The number of carbonyl (C=O) groups is 2. The number of hydrogen-bond donors (Lipinski definition) is 1. The van der Waals surface area contributed by atoms with Gasteiger partial charge in [-0.3, -0.25) is 9.59 Å². The number of nitrogens with zero attached hydrogens (tertiary/aromatic N) is 1. The van der Waals surface area contributed by atoms with Crippen LogP contribution in [0.5, 0.6) is 0 Å². The van der Waals surface area contributed by atoms with Crippen LogP contribution in [0.3, 0.4) is 0 Å². The third-order valence-corrected chi connectivity index (χ3v) is 2.58. The predicted molar refractivity (Wildman–Crippen MR) is 43.0 cm³/mol. The molecule has 0 aliphatic carbocycles. The highest BCUT2D eigenvalue weighted by Crippen LogP contribution is 2.29. The Bertz CT molecular complexity index is 289. The van der Waals surface area contributed by atoms with Crippen LogP contribution in [0.25, 0.3) is 0 Å². The zero-order valence-electron chi connectivity index (χ0n) is 7.91.